The number of benzene rings is 2. The van der Waals surface area contributed by atoms with Crippen LogP contribution in [0.15, 0.2) is 42.5 Å². The number of hydrogen-bond acceptors (Lipinski definition) is 2. The van der Waals surface area contributed by atoms with E-state index >= 15 is 0 Å². The van der Waals surface area contributed by atoms with Crippen LogP contribution in [0.1, 0.15) is 46.1 Å². The largest absolute Gasteiger partial charge is 0.305 e. The standard InChI is InChI=1S/C23H31NO/c1-22(2)13-18(15-24(5)16-22)21(25)14-23(3,4)20-12-8-10-17-9-6-7-11-19(17)20/h6-12,18H,13-16H2,1-5H3. The van der Waals surface area contributed by atoms with Crippen LogP contribution in [0.4, 0.5) is 0 Å². The molecule has 25 heavy (non-hydrogen) atoms. The SMILES string of the molecule is CN1CC(C(=O)CC(C)(C)c2cccc3ccccc23)CC(C)(C)C1. The van der Waals surface area contributed by atoms with Gasteiger partial charge < -0.3 is 4.90 Å². The maximum absolute atomic E-state index is 13.1. The maximum atomic E-state index is 13.1. The third-order valence-corrected chi connectivity index (χ3v) is 5.62. The van der Waals surface area contributed by atoms with E-state index in [0.717, 1.165) is 19.5 Å². The topological polar surface area (TPSA) is 20.3 Å². The van der Waals surface area contributed by atoms with E-state index in [2.05, 4.69) is 82.1 Å². The molecule has 0 bridgehead atoms. The van der Waals surface area contributed by atoms with E-state index in [0.29, 0.717) is 12.2 Å². The van der Waals surface area contributed by atoms with Gasteiger partial charge in [0.1, 0.15) is 5.78 Å². The average Bonchev–Trinajstić information content (AvgIpc) is 2.52. The number of Topliss-reactive ketones (excluding diaryl/α,β-unsaturated/α-hetero) is 1. The summed E-state index contributed by atoms with van der Waals surface area (Å²) in [5.74, 6) is 0.570. The number of nitrogens with zero attached hydrogens (tertiary/aromatic N) is 1. The number of fused-ring (bicyclic) bond motifs is 1. The monoisotopic (exact) mass is 337 g/mol. The van der Waals surface area contributed by atoms with Crippen LogP contribution in [0.5, 0.6) is 0 Å². The molecule has 3 rings (SSSR count). The first-order chi connectivity index (χ1) is 11.7. The van der Waals surface area contributed by atoms with Gasteiger partial charge >= 0.3 is 0 Å². The molecule has 1 heterocycles. The molecule has 0 aliphatic carbocycles. The highest BCUT2D eigenvalue weighted by molar-refractivity contribution is 5.88. The zero-order valence-electron chi connectivity index (χ0n) is 16.3. The van der Waals surface area contributed by atoms with Gasteiger partial charge in [0.15, 0.2) is 0 Å². The molecule has 1 aliphatic heterocycles. The highest BCUT2D eigenvalue weighted by Gasteiger charge is 2.37. The second-order valence-corrected chi connectivity index (χ2v) is 9.32. The molecule has 2 nitrogen and oxygen atoms in total. The van der Waals surface area contributed by atoms with Crippen molar-refractivity contribution >= 4 is 16.6 Å². The zero-order valence-corrected chi connectivity index (χ0v) is 16.3. The third kappa shape index (κ3) is 3.95. The molecule has 0 spiro atoms. The number of likely N-dealkylation sites (tertiary alicyclic amines) is 1. The smallest absolute Gasteiger partial charge is 0.138 e. The fraction of sp³-hybridized carbons (Fsp3) is 0.522. The summed E-state index contributed by atoms with van der Waals surface area (Å²) < 4.78 is 0. The lowest BCUT2D eigenvalue weighted by Gasteiger charge is -2.41. The van der Waals surface area contributed by atoms with Crippen LogP contribution in [0, 0.1) is 11.3 Å². The van der Waals surface area contributed by atoms with E-state index in [1.165, 1.54) is 16.3 Å². The predicted octanol–water partition coefficient (Wildman–Crippen LogP) is 5.05. The molecular weight excluding hydrogens is 306 g/mol. The number of carbonyl (C=O) groups excluding carboxylic acids is 1. The molecule has 2 aromatic carbocycles. The lowest BCUT2D eigenvalue weighted by Crippen LogP contribution is -2.45. The Bertz CT molecular complexity index is 769. The summed E-state index contributed by atoms with van der Waals surface area (Å²) in [4.78, 5) is 15.4. The molecule has 1 fully saturated rings. The first-order valence-electron chi connectivity index (χ1n) is 9.37. The lowest BCUT2D eigenvalue weighted by molar-refractivity contribution is -0.127. The first kappa shape index (κ1) is 18.1. The van der Waals surface area contributed by atoms with Gasteiger partial charge in [-0.15, -0.1) is 0 Å². The minimum Gasteiger partial charge on any atom is -0.305 e. The lowest BCUT2D eigenvalue weighted by atomic mass is 9.72. The Hall–Kier alpha value is -1.67. The fourth-order valence-electron chi connectivity index (χ4n) is 4.67. The van der Waals surface area contributed by atoms with Gasteiger partial charge in [-0.05, 0) is 40.6 Å². The van der Waals surface area contributed by atoms with E-state index < -0.39 is 0 Å². The van der Waals surface area contributed by atoms with E-state index in [-0.39, 0.29) is 16.7 Å². The maximum Gasteiger partial charge on any atom is 0.138 e. The van der Waals surface area contributed by atoms with Crippen molar-refractivity contribution in [2.24, 2.45) is 11.3 Å². The summed E-state index contributed by atoms with van der Waals surface area (Å²) >= 11 is 0. The van der Waals surface area contributed by atoms with Crippen molar-refractivity contribution in [1.82, 2.24) is 4.90 Å². The van der Waals surface area contributed by atoms with Gasteiger partial charge in [-0.25, -0.2) is 0 Å². The highest BCUT2D eigenvalue weighted by atomic mass is 16.1. The Morgan fingerprint density at radius 2 is 1.84 bits per heavy atom. The van der Waals surface area contributed by atoms with Crippen LogP contribution < -0.4 is 0 Å². The molecule has 0 amide bonds. The predicted molar refractivity (Wildman–Crippen MR) is 106 cm³/mol. The van der Waals surface area contributed by atoms with Crippen molar-refractivity contribution in [3.05, 3.63) is 48.0 Å². The summed E-state index contributed by atoms with van der Waals surface area (Å²) in [7, 11) is 2.14. The third-order valence-electron chi connectivity index (χ3n) is 5.62. The molecule has 0 radical (unpaired) electrons. The number of rotatable bonds is 4. The summed E-state index contributed by atoms with van der Waals surface area (Å²) in [6.45, 7) is 10.9. The van der Waals surface area contributed by atoms with Crippen molar-refractivity contribution in [3.63, 3.8) is 0 Å². The van der Waals surface area contributed by atoms with Crippen LogP contribution in [0.3, 0.4) is 0 Å². The van der Waals surface area contributed by atoms with Gasteiger partial charge in [0.25, 0.3) is 0 Å². The normalized spacial score (nSPS) is 21.4. The van der Waals surface area contributed by atoms with Crippen LogP contribution in [-0.2, 0) is 10.2 Å². The molecule has 2 heteroatoms. The van der Waals surface area contributed by atoms with Crippen LogP contribution >= 0.6 is 0 Å². The second kappa shape index (κ2) is 6.57. The number of piperidine rings is 1. The Balaban J connectivity index is 1.84. The molecule has 0 saturated carbocycles. The van der Waals surface area contributed by atoms with Gasteiger partial charge in [-0.1, -0.05) is 70.2 Å². The molecule has 1 aliphatic rings. The van der Waals surface area contributed by atoms with E-state index in [1.54, 1.807) is 0 Å². The average molecular weight is 338 g/mol. The number of ketones is 1. The van der Waals surface area contributed by atoms with Crippen molar-refractivity contribution in [2.75, 3.05) is 20.1 Å². The molecule has 1 saturated heterocycles. The van der Waals surface area contributed by atoms with E-state index in [4.69, 9.17) is 0 Å². The Labute approximate surface area is 152 Å². The van der Waals surface area contributed by atoms with E-state index in [9.17, 15) is 4.79 Å². The molecule has 1 atom stereocenters. The Kier molecular flexibility index (Phi) is 4.76. The molecule has 0 N–H and O–H groups in total. The highest BCUT2D eigenvalue weighted by Crippen LogP contribution is 2.37. The quantitative estimate of drug-likeness (QED) is 0.777. The van der Waals surface area contributed by atoms with Crippen molar-refractivity contribution < 1.29 is 4.79 Å². The van der Waals surface area contributed by atoms with Gasteiger partial charge in [-0.3, -0.25) is 4.79 Å². The first-order valence-corrected chi connectivity index (χ1v) is 9.37. The Morgan fingerprint density at radius 3 is 2.56 bits per heavy atom. The van der Waals surface area contributed by atoms with E-state index in [1.807, 2.05) is 0 Å². The summed E-state index contributed by atoms with van der Waals surface area (Å²) in [5, 5.41) is 2.52. The number of carbonyl (C=O) groups is 1. The van der Waals surface area contributed by atoms with Gasteiger partial charge in [0.2, 0.25) is 0 Å². The van der Waals surface area contributed by atoms with Crippen molar-refractivity contribution in [2.45, 2.75) is 46.0 Å². The second-order valence-electron chi connectivity index (χ2n) is 9.32. The van der Waals surface area contributed by atoms with Crippen LogP contribution in [-0.4, -0.2) is 30.8 Å². The molecule has 2 aromatic rings. The van der Waals surface area contributed by atoms with Crippen molar-refractivity contribution in [1.29, 1.82) is 0 Å². The fourth-order valence-corrected chi connectivity index (χ4v) is 4.67. The van der Waals surface area contributed by atoms with Crippen molar-refractivity contribution in [3.8, 4) is 0 Å². The number of hydrogen-bond donors (Lipinski definition) is 0. The molecule has 134 valence electrons. The summed E-state index contributed by atoms with van der Waals surface area (Å²) in [6, 6.07) is 14.9. The molecular formula is C23H31NO. The molecule has 1 unspecified atom stereocenters. The zero-order chi connectivity index (χ0) is 18.2. The van der Waals surface area contributed by atoms with Gasteiger partial charge in [0.05, 0.1) is 0 Å². The Morgan fingerprint density at radius 1 is 1.16 bits per heavy atom. The van der Waals surface area contributed by atoms with Gasteiger partial charge in [0, 0.05) is 25.4 Å². The van der Waals surface area contributed by atoms with Crippen LogP contribution in [0.2, 0.25) is 0 Å². The summed E-state index contributed by atoms with van der Waals surface area (Å²) in [5.41, 5.74) is 1.34. The van der Waals surface area contributed by atoms with Crippen LogP contribution in [0.25, 0.3) is 10.8 Å². The minimum absolute atomic E-state index is 0.155. The van der Waals surface area contributed by atoms with Gasteiger partial charge in [-0.2, -0.15) is 0 Å². The summed E-state index contributed by atoms with van der Waals surface area (Å²) in [6.07, 6.45) is 1.61. The molecule has 0 aromatic heterocycles. The minimum atomic E-state index is -0.155.